The quantitative estimate of drug-likeness (QED) is 0.848. The highest BCUT2D eigenvalue weighted by Gasteiger charge is 2.14. The number of nitrogens with zero attached hydrogens (tertiary/aromatic N) is 3. The summed E-state index contributed by atoms with van der Waals surface area (Å²) in [7, 11) is 0. The highest BCUT2D eigenvalue weighted by molar-refractivity contribution is 6.03. The number of hydrogen-bond acceptors (Lipinski definition) is 4. The number of nitrogens with one attached hydrogen (secondary N) is 1. The van der Waals surface area contributed by atoms with Crippen LogP contribution in [0.2, 0.25) is 0 Å². The van der Waals surface area contributed by atoms with Crippen molar-refractivity contribution in [2.24, 2.45) is 0 Å². The normalized spacial score (nSPS) is 14.2. The first kappa shape index (κ1) is 18.2. The SMILES string of the molecule is CCN(CC)c1ccc(NC(=O)c2cc(N3CCCCC3)ccn2)cc1. The van der Waals surface area contributed by atoms with Crippen molar-refractivity contribution in [1.29, 1.82) is 0 Å². The second kappa shape index (κ2) is 8.70. The van der Waals surface area contributed by atoms with E-state index in [1.165, 1.54) is 24.9 Å². The number of pyridine rings is 1. The van der Waals surface area contributed by atoms with Crippen LogP contribution in [0.25, 0.3) is 0 Å². The summed E-state index contributed by atoms with van der Waals surface area (Å²) >= 11 is 0. The number of aromatic nitrogens is 1. The number of carbonyl (C=O) groups is 1. The van der Waals surface area contributed by atoms with Crippen LogP contribution in [0.4, 0.5) is 17.1 Å². The summed E-state index contributed by atoms with van der Waals surface area (Å²) in [5, 5.41) is 2.95. The molecule has 1 N–H and O–H groups in total. The number of amides is 1. The number of benzene rings is 1. The van der Waals surface area contributed by atoms with Crippen LogP contribution in [0, 0.1) is 0 Å². The summed E-state index contributed by atoms with van der Waals surface area (Å²) in [5.41, 5.74) is 3.50. The van der Waals surface area contributed by atoms with Crippen molar-refractivity contribution in [3.05, 3.63) is 48.3 Å². The molecule has 138 valence electrons. The fourth-order valence-corrected chi connectivity index (χ4v) is 3.43. The van der Waals surface area contributed by atoms with Crippen molar-refractivity contribution >= 4 is 23.0 Å². The molecule has 0 unspecified atom stereocenters. The molecule has 1 aliphatic rings. The molecule has 1 aromatic heterocycles. The molecule has 1 saturated heterocycles. The van der Waals surface area contributed by atoms with Gasteiger partial charge in [-0.05, 0) is 69.5 Å². The predicted octanol–water partition coefficient (Wildman–Crippen LogP) is 4.17. The Balaban J connectivity index is 1.68. The van der Waals surface area contributed by atoms with E-state index in [9.17, 15) is 4.79 Å². The number of anilines is 3. The van der Waals surface area contributed by atoms with E-state index < -0.39 is 0 Å². The number of carbonyl (C=O) groups excluding carboxylic acids is 1. The van der Waals surface area contributed by atoms with Gasteiger partial charge in [0.15, 0.2) is 0 Å². The molecule has 1 amide bonds. The Kier molecular flexibility index (Phi) is 6.10. The lowest BCUT2D eigenvalue weighted by Crippen LogP contribution is -2.29. The van der Waals surface area contributed by atoms with E-state index >= 15 is 0 Å². The fourth-order valence-electron chi connectivity index (χ4n) is 3.43. The van der Waals surface area contributed by atoms with Gasteiger partial charge in [0.2, 0.25) is 0 Å². The van der Waals surface area contributed by atoms with Crippen LogP contribution in [0.15, 0.2) is 42.6 Å². The van der Waals surface area contributed by atoms with Crippen LogP contribution in [-0.2, 0) is 0 Å². The topological polar surface area (TPSA) is 48.5 Å². The van der Waals surface area contributed by atoms with Gasteiger partial charge < -0.3 is 15.1 Å². The van der Waals surface area contributed by atoms with Gasteiger partial charge in [-0.15, -0.1) is 0 Å². The van der Waals surface area contributed by atoms with Gasteiger partial charge in [-0.1, -0.05) is 0 Å². The third-order valence-corrected chi connectivity index (χ3v) is 4.95. The van der Waals surface area contributed by atoms with Gasteiger partial charge >= 0.3 is 0 Å². The fraction of sp³-hybridized carbons (Fsp3) is 0.429. The van der Waals surface area contributed by atoms with Crippen LogP contribution < -0.4 is 15.1 Å². The average molecular weight is 352 g/mol. The van der Waals surface area contributed by atoms with E-state index in [2.05, 4.69) is 33.9 Å². The molecule has 2 heterocycles. The zero-order chi connectivity index (χ0) is 18.4. The summed E-state index contributed by atoms with van der Waals surface area (Å²) in [6, 6.07) is 11.9. The first-order chi connectivity index (χ1) is 12.7. The summed E-state index contributed by atoms with van der Waals surface area (Å²) in [5.74, 6) is -0.167. The highest BCUT2D eigenvalue weighted by atomic mass is 16.1. The molecule has 0 aliphatic carbocycles. The van der Waals surface area contributed by atoms with E-state index in [0.29, 0.717) is 5.69 Å². The van der Waals surface area contributed by atoms with Crippen molar-refractivity contribution in [3.63, 3.8) is 0 Å². The van der Waals surface area contributed by atoms with E-state index in [1.807, 2.05) is 36.4 Å². The van der Waals surface area contributed by atoms with Gasteiger partial charge in [0.25, 0.3) is 5.91 Å². The minimum atomic E-state index is -0.167. The van der Waals surface area contributed by atoms with Gasteiger partial charge in [0.1, 0.15) is 5.69 Å². The summed E-state index contributed by atoms with van der Waals surface area (Å²) < 4.78 is 0. The summed E-state index contributed by atoms with van der Waals surface area (Å²) in [4.78, 5) is 21.4. The molecule has 5 heteroatoms. The number of hydrogen-bond donors (Lipinski definition) is 1. The lowest BCUT2D eigenvalue weighted by atomic mass is 10.1. The Morgan fingerprint density at radius 3 is 2.42 bits per heavy atom. The molecule has 5 nitrogen and oxygen atoms in total. The third kappa shape index (κ3) is 4.34. The van der Waals surface area contributed by atoms with Crippen molar-refractivity contribution in [1.82, 2.24) is 4.98 Å². The lowest BCUT2D eigenvalue weighted by Gasteiger charge is -2.28. The van der Waals surface area contributed by atoms with E-state index in [1.54, 1.807) is 6.20 Å². The van der Waals surface area contributed by atoms with Crippen LogP contribution in [0.1, 0.15) is 43.6 Å². The zero-order valence-corrected chi connectivity index (χ0v) is 15.7. The molecule has 0 spiro atoms. The maximum atomic E-state index is 12.6. The Morgan fingerprint density at radius 1 is 1.08 bits per heavy atom. The molecule has 0 saturated carbocycles. The second-order valence-corrected chi connectivity index (χ2v) is 6.62. The van der Waals surface area contributed by atoms with Crippen LogP contribution >= 0.6 is 0 Å². The van der Waals surface area contributed by atoms with Gasteiger partial charge in [-0.2, -0.15) is 0 Å². The third-order valence-electron chi connectivity index (χ3n) is 4.95. The molecule has 1 fully saturated rings. The largest absolute Gasteiger partial charge is 0.372 e. The van der Waals surface area contributed by atoms with Crippen LogP contribution in [0.5, 0.6) is 0 Å². The van der Waals surface area contributed by atoms with Gasteiger partial charge in [0, 0.05) is 49.4 Å². The molecule has 0 atom stereocenters. The van der Waals surface area contributed by atoms with Crippen molar-refractivity contribution in [2.45, 2.75) is 33.1 Å². The van der Waals surface area contributed by atoms with Crippen LogP contribution in [0.3, 0.4) is 0 Å². The average Bonchev–Trinajstić information content (AvgIpc) is 2.71. The van der Waals surface area contributed by atoms with E-state index in [-0.39, 0.29) is 5.91 Å². The molecule has 1 aromatic carbocycles. The predicted molar refractivity (Wildman–Crippen MR) is 108 cm³/mol. The zero-order valence-electron chi connectivity index (χ0n) is 15.7. The first-order valence-corrected chi connectivity index (χ1v) is 9.58. The maximum absolute atomic E-state index is 12.6. The standard InChI is InChI=1S/C21H28N4O/c1-3-24(4-2)18-10-8-17(9-11-18)23-21(26)20-16-19(12-13-22-20)25-14-6-5-7-15-25/h8-13,16H,3-7,14-15H2,1-2H3,(H,23,26). The van der Waals surface area contributed by atoms with E-state index in [0.717, 1.165) is 37.6 Å². The second-order valence-electron chi connectivity index (χ2n) is 6.62. The van der Waals surface area contributed by atoms with Crippen molar-refractivity contribution < 1.29 is 4.79 Å². The van der Waals surface area contributed by atoms with Gasteiger partial charge in [0.05, 0.1) is 0 Å². The Hall–Kier alpha value is -2.56. The van der Waals surface area contributed by atoms with Gasteiger partial charge in [-0.25, -0.2) is 0 Å². The molecule has 0 bridgehead atoms. The highest BCUT2D eigenvalue weighted by Crippen LogP contribution is 2.21. The Bertz CT molecular complexity index is 719. The molecule has 0 radical (unpaired) electrons. The molecular weight excluding hydrogens is 324 g/mol. The first-order valence-electron chi connectivity index (χ1n) is 9.58. The summed E-state index contributed by atoms with van der Waals surface area (Å²) in [6.07, 6.45) is 5.44. The maximum Gasteiger partial charge on any atom is 0.274 e. The smallest absolute Gasteiger partial charge is 0.274 e. The van der Waals surface area contributed by atoms with E-state index in [4.69, 9.17) is 0 Å². The lowest BCUT2D eigenvalue weighted by molar-refractivity contribution is 0.102. The summed E-state index contributed by atoms with van der Waals surface area (Å²) in [6.45, 7) is 8.32. The van der Waals surface area contributed by atoms with Gasteiger partial charge in [-0.3, -0.25) is 9.78 Å². The Morgan fingerprint density at radius 2 is 1.77 bits per heavy atom. The number of piperidine rings is 1. The van der Waals surface area contributed by atoms with Crippen molar-refractivity contribution in [3.8, 4) is 0 Å². The monoisotopic (exact) mass is 352 g/mol. The minimum absolute atomic E-state index is 0.167. The van der Waals surface area contributed by atoms with Crippen molar-refractivity contribution in [2.75, 3.05) is 41.3 Å². The molecule has 1 aliphatic heterocycles. The molecule has 26 heavy (non-hydrogen) atoms. The molecule has 3 rings (SSSR count). The molecule has 2 aromatic rings. The van der Waals surface area contributed by atoms with Crippen LogP contribution in [-0.4, -0.2) is 37.1 Å². The minimum Gasteiger partial charge on any atom is -0.372 e. The number of rotatable bonds is 6. The Labute approximate surface area is 156 Å². The molecular formula is C21H28N4O.